The van der Waals surface area contributed by atoms with E-state index in [0.717, 1.165) is 17.2 Å². The third kappa shape index (κ3) is 3.21. The van der Waals surface area contributed by atoms with Crippen LogP contribution in [0.15, 0.2) is 24.3 Å². The van der Waals surface area contributed by atoms with Gasteiger partial charge in [-0.1, -0.05) is 37.3 Å². The van der Waals surface area contributed by atoms with Gasteiger partial charge in [0.05, 0.1) is 10.2 Å². The molecule has 0 amide bonds. The Kier molecular flexibility index (Phi) is 4.19. The average molecular weight is 263 g/mol. The van der Waals surface area contributed by atoms with E-state index in [0.29, 0.717) is 12.0 Å². The summed E-state index contributed by atoms with van der Waals surface area (Å²) >= 11 is 1.73. The fourth-order valence-corrected chi connectivity index (χ4v) is 2.84. The van der Waals surface area contributed by atoms with Crippen LogP contribution in [0.25, 0.3) is 10.2 Å². The number of hydrogen-bond donors (Lipinski definition) is 1. The van der Waals surface area contributed by atoms with Crippen LogP contribution in [-0.2, 0) is 0 Å². The van der Waals surface area contributed by atoms with Crippen LogP contribution >= 0.6 is 11.3 Å². The van der Waals surface area contributed by atoms with Crippen molar-refractivity contribution >= 4 is 26.7 Å². The zero-order chi connectivity index (χ0) is 13.1. The lowest BCUT2D eigenvalue weighted by atomic mass is 10.0. The molecule has 0 saturated carbocycles. The normalized spacial score (nSPS) is 13.4. The molecule has 0 aliphatic carbocycles. The van der Waals surface area contributed by atoms with Gasteiger partial charge in [-0.05, 0) is 32.1 Å². The fraction of sp³-hybridized carbons (Fsp3) is 0.500. The zero-order valence-corrected chi connectivity index (χ0v) is 12.3. The highest BCUT2D eigenvalue weighted by molar-refractivity contribution is 7.22. The maximum absolute atomic E-state index is 4.63. The van der Waals surface area contributed by atoms with E-state index in [1.165, 1.54) is 4.70 Å². The quantitative estimate of drug-likeness (QED) is 0.897. The van der Waals surface area contributed by atoms with Gasteiger partial charge in [0, 0.05) is 12.6 Å². The third-order valence-electron chi connectivity index (χ3n) is 2.97. The van der Waals surface area contributed by atoms with E-state index in [4.69, 9.17) is 0 Å². The number of thiazole rings is 1. The molecule has 2 aromatic rings. The van der Waals surface area contributed by atoms with E-state index < -0.39 is 0 Å². The molecule has 4 heteroatoms. The minimum absolute atomic E-state index is 0.431. The van der Waals surface area contributed by atoms with Gasteiger partial charge < -0.3 is 10.2 Å². The van der Waals surface area contributed by atoms with Gasteiger partial charge in [-0.3, -0.25) is 0 Å². The van der Waals surface area contributed by atoms with Crippen molar-refractivity contribution in [1.82, 2.24) is 9.88 Å². The molecule has 1 aromatic carbocycles. The van der Waals surface area contributed by atoms with Crippen LogP contribution < -0.4 is 5.32 Å². The van der Waals surface area contributed by atoms with Gasteiger partial charge in [0.15, 0.2) is 5.13 Å². The lowest BCUT2D eigenvalue weighted by Gasteiger charge is -2.25. The molecular formula is C14H21N3S. The van der Waals surface area contributed by atoms with Crippen LogP contribution in [0.1, 0.15) is 13.8 Å². The molecule has 1 N–H and O–H groups in total. The number of rotatable bonds is 5. The number of likely N-dealkylation sites (N-methyl/N-ethyl adjacent to an activating group) is 1. The van der Waals surface area contributed by atoms with Gasteiger partial charge in [-0.2, -0.15) is 0 Å². The Morgan fingerprint density at radius 2 is 2.00 bits per heavy atom. The van der Waals surface area contributed by atoms with Gasteiger partial charge in [0.1, 0.15) is 0 Å². The van der Waals surface area contributed by atoms with Crippen molar-refractivity contribution < 1.29 is 0 Å². The van der Waals surface area contributed by atoms with Crippen molar-refractivity contribution in [2.24, 2.45) is 5.92 Å². The van der Waals surface area contributed by atoms with Gasteiger partial charge in [0.25, 0.3) is 0 Å². The zero-order valence-electron chi connectivity index (χ0n) is 11.5. The number of fused-ring (bicyclic) bond motifs is 1. The third-order valence-corrected chi connectivity index (χ3v) is 3.94. The van der Waals surface area contributed by atoms with Crippen LogP contribution in [0.4, 0.5) is 5.13 Å². The highest BCUT2D eigenvalue weighted by atomic mass is 32.1. The summed E-state index contributed by atoms with van der Waals surface area (Å²) in [5.74, 6) is 0.583. The number of benzene rings is 1. The van der Waals surface area contributed by atoms with Crippen molar-refractivity contribution in [2.75, 3.05) is 26.0 Å². The second-order valence-electron chi connectivity index (χ2n) is 5.24. The molecule has 0 bridgehead atoms. The van der Waals surface area contributed by atoms with Gasteiger partial charge in [-0.25, -0.2) is 4.98 Å². The lowest BCUT2D eigenvalue weighted by molar-refractivity contribution is 0.344. The predicted molar refractivity (Wildman–Crippen MR) is 80.4 cm³/mol. The highest BCUT2D eigenvalue weighted by Crippen LogP contribution is 2.26. The first-order valence-corrected chi connectivity index (χ1v) is 7.14. The predicted octanol–water partition coefficient (Wildman–Crippen LogP) is 3.29. The monoisotopic (exact) mass is 263 g/mol. The van der Waals surface area contributed by atoms with Gasteiger partial charge in [0.2, 0.25) is 0 Å². The fourth-order valence-electron chi connectivity index (χ4n) is 1.91. The Hall–Kier alpha value is -1.13. The Labute approximate surface area is 113 Å². The lowest BCUT2D eigenvalue weighted by Crippen LogP contribution is -2.36. The van der Waals surface area contributed by atoms with E-state index in [1.54, 1.807) is 11.3 Å². The molecule has 18 heavy (non-hydrogen) atoms. The standard InChI is InChI=1S/C14H21N3S/c1-10(2)12(9-17(3)4)16-14-15-11-7-5-6-8-13(11)18-14/h5-8,10,12H,9H2,1-4H3,(H,15,16). The van der Waals surface area contributed by atoms with Crippen molar-refractivity contribution in [3.05, 3.63) is 24.3 Å². The van der Waals surface area contributed by atoms with Crippen LogP contribution in [0.3, 0.4) is 0 Å². The molecule has 2 rings (SSSR count). The van der Waals surface area contributed by atoms with Gasteiger partial charge >= 0.3 is 0 Å². The first-order valence-electron chi connectivity index (χ1n) is 6.33. The van der Waals surface area contributed by atoms with Crippen LogP contribution in [0.2, 0.25) is 0 Å². The Morgan fingerprint density at radius 1 is 1.28 bits per heavy atom. The summed E-state index contributed by atoms with van der Waals surface area (Å²) in [4.78, 5) is 6.84. The second-order valence-corrected chi connectivity index (χ2v) is 6.27. The first kappa shape index (κ1) is 13.3. The minimum Gasteiger partial charge on any atom is -0.357 e. The SMILES string of the molecule is CC(C)C(CN(C)C)Nc1nc2ccccc2s1. The van der Waals surface area contributed by atoms with Crippen LogP contribution in [0.5, 0.6) is 0 Å². The summed E-state index contributed by atoms with van der Waals surface area (Å²) in [6.45, 7) is 5.51. The van der Waals surface area contributed by atoms with Crippen molar-refractivity contribution in [3.8, 4) is 0 Å². The van der Waals surface area contributed by atoms with Crippen molar-refractivity contribution in [3.63, 3.8) is 0 Å². The van der Waals surface area contributed by atoms with Gasteiger partial charge in [-0.15, -0.1) is 0 Å². The summed E-state index contributed by atoms with van der Waals surface area (Å²) in [5.41, 5.74) is 1.08. The summed E-state index contributed by atoms with van der Waals surface area (Å²) in [7, 11) is 4.21. The van der Waals surface area contributed by atoms with E-state index >= 15 is 0 Å². The maximum atomic E-state index is 4.63. The molecule has 1 atom stereocenters. The van der Waals surface area contributed by atoms with Crippen LogP contribution in [-0.4, -0.2) is 36.6 Å². The molecule has 0 radical (unpaired) electrons. The Bertz CT molecular complexity index is 471. The van der Waals surface area contributed by atoms with E-state index in [2.05, 4.69) is 61.3 Å². The molecule has 1 aromatic heterocycles. The molecule has 0 saturated heterocycles. The number of nitrogens with one attached hydrogen (secondary N) is 1. The van der Waals surface area contributed by atoms with Crippen molar-refractivity contribution in [1.29, 1.82) is 0 Å². The average Bonchev–Trinajstić information content (AvgIpc) is 2.69. The molecule has 0 aliphatic rings. The maximum Gasteiger partial charge on any atom is 0.184 e. The molecule has 0 spiro atoms. The Morgan fingerprint density at radius 3 is 2.61 bits per heavy atom. The molecular weight excluding hydrogens is 242 g/mol. The molecule has 3 nitrogen and oxygen atoms in total. The van der Waals surface area contributed by atoms with Crippen LogP contribution in [0, 0.1) is 5.92 Å². The molecule has 0 fully saturated rings. The number of anilines is 1. The number of nitrogens with zero attached hydrogens (tertiary/aromatic N) is 2. The largest absolute Gasteiger partial charge is 0.357 e. The topological polar surface area (TPSA) is 28.2 Å². The Balaban J connectivity index is 2.15. The molecule has 1 unspecified atom stereocenters. The van der Waals surface area contributed by atoms with E-state index in [1.807, 2.05) is 6.07 Å². The summed E-state index contributed by atoms with van der Waals surface area (Å²) in [6, 6.07) is 8.71. The van der Waals surface area contributed by atoms with E-state index in [9.17, 15) is 0 Å². The summed E-state index contributed by atoms with van der Waals surface area (Å²) in [6.07, 6.45) is 0. The molecule has 1 heterocycles. The minimum atomic E-state index is 0.431. The molecule has 98 valence electrons. The second kappa shape index (κ2) is 5.67. The number of aromatic nitrogens is 1. The first-order chi connectivity index (χ1) is 8.56. The van der Waals surface area contributed by atoms with Crippen molar-refractivity contribution in [2.45, 2.75) is 19.9 Å². The smallest absolute Gasteiger partial charge is 0.184 e. The number of para-hydroxylation sites is 1. The highest BCUT2D eigenvalue weighted by Gasteiger charge is 2.15. The summed E-state index contributed by atoms with van der Waals surface area (Å²) < 4.78 is 1.24. The summed E-state index contributed by atoms with van der Waals surface area (Å²) in [5, 5.41) is 4.59. The van der Waals surface area contributed by atoms with E-state index in [-0.39, 0.29) is 0 Å². The molecule has 0 aliphatic heterocycles. The number of hydrogen-bond acceptors (Lipinski definition) is 4.